The van der Waals surface area contributed by atoms with E-state index < -0.39 is 35.9 Å². The van der Waals surface area contributed by atoms with E-state index in [4.69, 9.17) is 5.73 Å². The summed E-state index contributed by atoms with van der Waals surface area (Å²) in [5.41, 5.74) is 5.16. The molecule has 0 aliphatic carbocycles. The van der Waals surface area contributed by atoms with Gasteiger partial charge < -0.3 is 5.73 Å². The van der Waals surface area contributed by atoms with Gasteiger partial charge in [-0.15, -0.1) is 0 Å². The number of likely N-dealkylation sites (tertiary alicyclic amines) is 1. The van der Waals surface area contributed by atoms with Crippen LogP contribution in [0.25, 0.3) is 0 Å². The molecule has 0 bridgehead atoms. The normalized spacial score (nSPS) is 23.3. The predicted molar refractivity (Wildman–Crippen MR) is 58.6 cm³/mol. The Hall–Kier alpha value is -1.11. The van der Waals surface area contributed by atoms with Crippen LogP contribution in [0.15, 0.2) is 0 Å². The lowest BCUT2D eigenvalue weighted by atomic mass is 9.96. The van der Waals surface area contributed by atoms with E-state index in [1.807, 2.05) is 0 Å². The molecule has 1 unspecified atom stereocenters. The van der Waals surface area contributed by atoms with Crippen LogP contribution in [-0.2, 0) is 9.59 Å². The first-order chi connectivity index (χ1) is 8.16. The number of nitrogens with zero attached hydrogens (tertiary/aromatic N) is 1. The van der Waals surface area contributed by atoms with E-state index in [1.165, 1.54) is 18.7 Å². The summed E-state index contributed by atoms with van der Waals surface area (Å²) < 4.78 is 37.6. The summed E-state index contributed by atoms with van der Waals surface area (Å²) in [6.45, 7) is 3.35. The number of primary amides is 1. The number of alkyl halides is 3. The van der Waals surface area contributed by atoms with Gasteiger partial charge in [0.05, 0.1) is 12.1 Å². The van der Waals surface area contributed by atoms with Crippen molar-refractivity contribution in [2.75, 3.05) is 6.54 Å². The summed E-state index contributed by atoms with van der Waals surface area (Å²) in [4.78, 5) is 23.9. The third kappa shape index (κ3) is 3.01. The third-order valence-electron chi connectivity index (χ3n) is 3.16. The van der Waals surface area contributed by atoms with E-state index >= 15 is 0 Å². The fourth-order valence-electron chi connectivity index (χ4n) is 2.43. The van der Waals surface area contributed by atoms with Crippen molar-refractivity contribution in [1.29, 1.82) is 0 Å². The number of ketones is 1. The fourth-order valence-corrected chi connectivity index (χ4v) is 2.43. The van der Waals surface area contributed by atoms with Gasteiger partial charge in [-0.2, -0.15) is 13.2 Å². The molecule has 2 N–H and O–H groups in total. The molecule has 1 fully saturated rings. The number of carbonyl (C=O) groups excluding carboxylic acids is 2. The minimum atomic E-state index is -4.89. The molecule has 0 radical (unpaired) electrons. The van der Waals surface area contributed by atoms with E-state index in [0.29, 0.717) is 12.8 Å². The molecular formula is C11H17F3N2O2. The first-order valence-corrected chi connectivity index (χ1v) is 5.82. The number of carbonyl (C=O) groups is 2. The maximum atomic E-state index is 12.5. The molecule has 1 aliphatic rings. The fraction of sp³-hybridized carbons (Fsp3) is 0.818. The zero-order chi connectivity index (χ0) is 14.1. The number of halogens is 3. The van der Waals surface area contributed by atoms with Crippen LogP contribution in [0, 0.1) is 5.92 Å². The maximum Gasteiger partial charge on any atom is 0.451 e. The molecule has 7 heteroatoms. The molecule has 0 aromatic heterocycles. The zero-order valence-corrected chi connectivity index (χ0v) is 10.3. The van der Waals surface area contributed by atoms with Gasteiger partial charge in [-0.25, -0.2) is 0 Å². The molecule has 0 aromatic rings. The summed E-state index contributed by atoms with van der Waals surface area (Å²) in [7, 11) is 0. The topological polar surface area (TPSA) is 63.4 Å². The van der Waals surface area contributed by atoms with Crippen molar-refractivity contribution in [2.45, 2.75) is 44.9 Å². The molecule has 4 nitrogen and oxygen atoms in total. The van der Waals surface area contributed by atoms with Gasteiger partial charge in [0.25, 0.3) is 5.78 Å². The smallest absolute Gasteiger partial charge is 0.368 e. The van der Waals surface area contributed by atoms with Gasteiger partial charge in [0, 0.05) is 0 Å². The number of nitrogens with two attached hydrogens (primary N) is 1. The molecule has 18 heavy (non-hydrogen) atoms. The van der Waals surface area contributed by atoms with E-state index in [9.17, 15) is 22.8 Å². The largest absolute Gasteiger partial charge is 0.451 e. The SMILES string of the molecule is CC(C)C(C(=O)C(F)(F)F)N1CCC[C@H]1C(N)=O. The predicted octanol–water partition coefficient (Wildman–Crippen LogP) is 1.09. The number of rotatable bonds is 4. The van der Waals surface area contributed by atoms with Crippen molar-refractivity contribution in [2.24, 2.45) is 11.7 Å². The van der Waals surface area contributed by atoms with Crippen LogP contribution in [0.3, 0.4) is 0 Å². The Morgan fingerprint density at radius 1 is 1.33 bits per heavy atom. The highest BCUT2D eigenvalue weighted by Crippen LogP contribution is 2.29. The number of hydrogen-bond acceptors (Lipinski definition) is 3. The van der Waals surface area contributed by atoms with Gasteiger partial charge in [0.2, 0.25) is 5.91 Å². The van der Waals surface area contributed by atoms with E-state index in [2.05, 4.69) is 0 Å². The Bertz CT molecular complexity index is 342. The van der Waals surface area contributed by atoms with Crippen molar-refractivity contribution < 1.29 is 22.8 Å². The van der Waals surface area contributed by atoms with Crippen LogP contribution >= 0.6 is 0 Å². The second kappa shape index (κ2) is 5.26. The molecule has 1 saturated heterocycles. The molecule has 0 saturated carbocycles. The Balaban J connectivity index is 2.99. The van der Waals surface area contributed by atoms with Crippen molar-refractivity contribution >= 4 is 11.7 Å². The van der Waals surface area contributed by atoms with Crippen LogP contribution in [0.5, 0.6) is 0 Å². The van der Waals surface area contributed by atoms with Crippen molar-refractivity contribution in [3.05, 3.63) is 0 Å². The van der Waals surface area contributed by atoms with E-state index in [1.54, 1.807) is 0 Å². The Morgan fingerprint density at radius 2 is 1.89 bits per heavy atom. The molecule has 1 rings (SSSR count). The molecule has 1 heterocycles. The highest BCUT2D eigenvalue weighted by molar-refractivity contribution is 5.90. The summed E-state index contributed by atoms with van der Waals surface area (Å²) in [5.74, 6) is -3.00. The van der Waals surface area contributed by atoms with Crippen LogP contribution < -0.4 is 5.73 Å². The van der Waals surface area contributed by atoms with Gasteiger partial charge in [-0.1, -0.05) is 13.8 Å². The molecule has 2 atom stereocenters. The van der Waals surface area contributed by atoms with Gasteiger partial charge >= 0.3 is 6.18 Å². The van der Waals surface area contributed by atoms with Gasteiger partial charge in [0.15, 0.2) is 0 Å². The van der Waals surface area contributed by atoms with Crippen LogP contribution in [0.1, 0.15) is 26.7 Å². The minimum absolute atomic E-state index is 0.290. The Morgan fingerprint density at radius 3 is 2.28 bits per heavy atom. The first-order valence-electron chi connectivity index (χ1n) is 5.82. The maximum absolute atomic E-state index is 12.5. The molecule has 1 amide bonds. The number of hydrogen-bond donors (Lipinski definition) is 1. The summed E-state index contributed by atoms with van der Waals surface area (Å²) in [6.07, 6.45) is -3.91. The quantitative estimate of drug-likeness (QED) is 0.828. The van der Waals surface area contributed by atoms with Crippen molar-refractivity contribution in [3.63, 3.8) is 0 Å². The van der Waals surface area contributed by atoms with Crippen LogP contribution in [-0.4, -0.2) is 41.4 Å². The lowest BCUT2D eigenvalue weighted by Gasteiger charge is -2.33. The Labute approximate surface area is 103 Å². The molecule has 0 aromatic carbocycles. The average Bonchev–Trinajstić information content (AvgIpc) is 2.64. The summed E-state index contributed by atoms with van der Waals surface area (Å²) >= 11 is 0. The second-order valence-corrected chi connectivity index (χ2v) is 4.85. The first kappa shape index (κ1) is 14.9. The lowest BCUT2D eigenvalue weighted by molar-refractivity contribution is -0.179. The highest BCUT2D eigenvalue weighted by atomic mass is 19.4. The molecule has 104 valence electrons. The molecule has 1 aliphatic heterocycles. The van der Waals surface area contributed by atoms with Crippen LogP contribution in [0.2, 0.25) is 0 Å². The van der Waals surface area contributed by atoms with Crippen molar-refractivity contribution in [1.82, 2.24) is 4.90 Å². The second-order valence-electron chi connectivity index (χ2n) is 4.85. The summed E-state index contributed by atoms with van der Waals surface area (Å²) in [6, 6.07) is -2.10. The highest BCUT2D eigenvalue weighted by Gasteiger charge is 2.49. The standard InChI is InChI=1S/C11H17F3N2O2/c1-6(2)8(9(17)11(12,13)14)16-5-3-4-7(16)10(15)18/h6-8H,3-5H2,1-2H3,(H2,15,18)/t7-,8?/m0/s1. The monoisotopic (exact) mass is 266 g/mol. The van der Waals surface area contributed by atoms with Gasteiger partial charge in [-0.3, -0.25) is 14.5 Å². The average molecular weight is 266 g/mol. The van der Waals surface area contributed by atoms with E-state index in [0.717, 1.165) is 0 Å². The van der Waals surface area contributed by atoms with E-state index in [-0.39, 0.29) is 6.54 Å². The number of amides is 1. The summed E-state index contributed by atoms with van der Waals surface area (Å²) in [5, 5.41) is 0. The van der Waals surface area contributed by atoms with Gasteiger partial charge in [0.1, 0.15) is 0 Å². The minimum Gasteiger partial charge on any atom is -0.368 e. The van der Waals surface area contributed by atoms with Crippen LogP contribution in [0.4, 0.5) is 13.2 Å². The number of Topliss-reactive ketones (excluding diaryl/α,β-unsaturated/α-hetero) is 1. The molecular weight excluding hydrogens is 249 g/mol. The van der Waals surface area contributed by atoms with Crippen molar-refractivity contribution in [3.8, 4) is 0 Å². The Kier molecular flexibility index (Phi) is 4.37. The lowest BCUT2D eigenvalue weighted by Crippen LogP contribution is -2.54. The van der Waals surface area contributed by atoms with Gasteiger partial charge in [-0.05, 0) is 25.3 Å². The zero-order valence-electron chi connectivity index (χ0n) is 10.3. The third-order valence-corrected chi connectivity index (χ3v) is 3.16. The molecule has 0 spiro atoms.